The number of benzene rings is 1. The van der Waals surface area contributed by atoms with Crippen LogP contribution >= 0.6 is 0 Å². The van der Waals surface area contributed by atoms with Crippen molar-refractivity contribution in [2.75, 3.05) is 19.5 Å². The Bertz CT molecular complexity index is 622. The first kappa shape index (κ1) is 16.0. The quantitative estimate of drug-likeness (QED) is 0.888. The van der Waals surface area contributed by atoms with Crippen LogP contribution in [0, 0.1) is 6.92 Å². The van der Waals surface area contributed by atoms with Crippen LogP contribution in [0.5, 0.6) is 5.75 Å². The molecule has 0 unspecified atom stereocenters. The lowest BCUT2D eigenvalue weighted by molar-refractivity contribution is -0.120. The lowest BCUT2D eigenvalue weighted by Gasteiger charge is -2.23. The van der Waals surface area contributed by atoms with Gasteiger partial charge in [0, 0.05) is 12.6 Å². The first-order valence-corrected chi connectivity index (χ1v) is 7.07. The molecule has 1 atom stereocenters. The summed E-state index contributed by atoms with van der Waals surface area (Å²) in [5.41, 5.74) is 1.11. The molecule has 0 saturated heterocycles. The summed E-state index contributed by atoms with van der Waals surface area (Å²) in [5, 5.41) is 6.50. The largest absolute Gasteiger partial charge is 0.497 e. The fraction of sp³-hybridized carbons (Fsp3) is 0.375. The van der Waals surface area contributed by atoms with E-state index in [4.69, 9.17) is 9.26 Å². The molecule has 6 heteroatoms. The van der Waals surface area contributed by atoms with Gasteiger partial charge in [-0.15, -0.1) is 0 Å². The highest BCUT2D eigenvalue weighted by atomic mass is 16.5. The van der Waals surface area contributed by atoms with Crippen LogP contribution in [-0.2, 0) is 11.3 Å². The molecule has 118 valence electrons. The predicted octanol–water partition coefficient (Wildman–Crippen LogP) is 2.45. The van der Waals surface area contributed by atoms with Crippen LogP contribution in [0.4, 0.5) is 5.82 Å². The van der Waals surface area contributed by atoms with Crippen molar-refractivity contribution in [1.29, 1.82) is 0 Å². The summed E-state index contributed by atoms with van der Waals surface area (Å²) >= 11 is 0. The van der Waals surface area contributed by atoms with E-state index in [-0.39, 0.29) is 11.9 Å². The maximum Gasteiger partial charge on any atom is 0.242 e. The summed E-state index contributed by atoms with van der Waals surface area (Å²) in [4.78, 5) is 14.2. The molecule has 6 nitrogen and oxygen atoms in total. The van der Waals surface area contributed by atoms with E-state index in [0.29, 0.717) is 18.1 Å². The number of hydrogen-bond acceptors (Lipinski definition) is 5. The van der Waals surface area contributed by atoms with E-state index >= 15 is 0 Å². The Labute approximate surface area is 130 Å². The Morgan fingerprint density at radius 2 is 2.09 bits per heavy atom. The van der Waals surface area contributed by atoms with Crippen molar-refractivity contribution in [1.82, 2.24) is 10.1 Å². The molecular formula is C16H21N3O3. The van der Waals surface area contributed by atoms with Gasteiger partial charge in [0.05, 0.1) is 13.2 Å². The molecule has 0 saturated carbocycles. The summed E-state index contributed by atoms with van der Waals surface area (Å²) in [6, 6.07) is 9.19. The van der Waals surface area contributed by atoms with Crippen molar-refractivity contribution in [2.45, 2.75) is 26.4 Å². The highest BCUT2D eigenvalue weighted by molar-refractivity contribution is 5.93. The van der Waals surface area contributed by atoms with E-state index in [0.717, 1.165) is 11.3 Å². The Balaban J connectivity index is 1.92. The van der Waals surface area contributed by atoms with Gasteiger partial charge in [0.15, 0.2) is 5.82 Å². The minimum Gasteiger partial charge on any atom is -0.497 e. The zero-order valence-corrected chi connectivity index (χ0v) is 13.3. The van der Waals surface area contributed by atoms with Gasteiger partial charge in [0.25, 0.3) is 0 Å². The third-order valence-electron chi connectivity index (χ3n) is 3.51. The second-order valence-electron chi connectivity index (χ2n) is 5.25. The van der Waals surface area contributed by atoms with Crippen molar-refractivity contribution < 1.29 is 14.1 Å². The number of rotatable bonds is 6. The van der Waals surface area contributed by atoms with Gasteiger partial charge in [-0.3, -0.25) is 9.69 Å². The highest BCUT2D eigenvalue weighted by Gasteiger charge is 2.19. The number of carbonyl (C=O) groups is 1. The highest BCUT2D eigenvalue weighted by Crippen LogP contribution is 2.14. The minimum absolute atomic E-state index is 0.121. The molecule has 0 spiro atoms. The summed E-state index contributed by atoms with van der Waals surface area (Å²) in [5.74, 6) is 1.80. The van der Waals surface area contributed by atoms with Crippen LogP contribution in [0.15, 0.2) is 34.9 Å². The Morgan fingerprint density at radius 3 is 2.64 bits per heavy atom. The number of nitrogens with one attached hydrogen (secondary N) is 1. The molecule has 0 fully saturated rings. The van der Waals surface area contributed by atoms with Gasteiger partial charge < -0.3 is 14.6 Å². The van der Waals surface area contributed by atoms with Gasteiger partial charge in [-0.1, -0.05) is 17.3 Å². The lowest BCUT2D eigenvalue weighted by Crippen LogP contribution is -2.39. The summed E-state index contributed by atoms with van der Waals surface area (Å²) in [7, 11) is 3.54. The monoisotopic (exact) mass is 303 g/mol. The van der Waals surface area contributed by atoms with Crippen molar-refractivity contribution in [3.05, 3.63) is 41.7 Å². The number of anilines is 1. The Kier molecular flexibility index (Phi) is 5.16. The first-order valence-electron chi connectivity index (χ1n) is 7.07. The fourth-order valence-electron chi connectivity index (χ4n) is 2.01. The maximum absolute atomic E-state index is 12.2. The molecule has 0 bridgehead atoms. The molecule has 1 aromatic heterocycles. The summed E-state index contributed by atoms with van der Waals surface area (Å²) in [6.45, 7) is 4.30. The average Bonchev–Trinajstić information content (AvgIpc) is 2.92. The van der Waals surface area contributed by atoms with E-state index in [2.05, 4.69) is 10.5 Å². The lowest BCUT2D eigenvalue weighted by atomic mass is 10.2. The molecule has 0 radical (unpaired) electrons. The number of carbonyl (C=O) groups excluding carboxylic acids is 1. The van der Waals surface area contributed by atoms with Crippen LogP contribution in [0.3, 0.4) is 0 Å². The normalized spacial score (nSPS) is 12.2. The zero-order chi connectivity index (χ0) is 16.1. The van der Waals surface area contributed by atoms with Crippen LogP contribution in [0.2, 0.25) is 0 Å². The van der Waals surface area contributed by atoms with Crippen molar-refractivity contribution in [2.24, 2.45) is 0 Å². The van der Waals surface area contributed by atoms with Gasteiger partial charge in [0.1, 0.15) is 11.5 Å². The number of likely N-dealkylation sites (N-methyl/N-ethyl adjacent to an activating group) is 1. The van der Waals surface area contributed by atoms with Crippen LogP contribution in [0.25, 0.3) is 0 Å². The van der Waals surface area contributed by atoms with Crippen LogP contribution in [0.1, 0.15) is 18.2 Å². The second kappa shape index (κ2) is 7.09. The standard InChI is InChI=1S/C16H21N3O3/c1-11-9-15(18-22-11)17-16(20)12(2)19(3)10-13-5-7-14(21-4)8-6-13/h5-9,12H,10H2,1-4H3,(H,17,18,20)/t12-/m1/s1. The van der Waals surface area contributed by atoms with Crippen molar-refractivity contribution >= 4 is 11.7 Å². The van der Waals surface area contributed by atoms with Gasteiger partial charge in [-0.25, -0.2) is 0 Å². The van der Waals surface area contributed by atoms with Crippen LogP contribution < -0.4 is 10.1 Å². The maximum atomic E-state index is 12.2. The predicted molar refractivity (Wildman–Crippen MR) is 83.8 cm³/mol. The molecule has 22 heavy (non-hydrogen) atoms. The molecule has 0 aliphatic heterocycles. The molecule has 1 N–H and O–H groups in total. The van der Waals surface area contributed by atoms with Gasteiger partial charge in [-0.2, -0.15) is 0 Å². The topological polar surface area (TPSA) is 67.6 Å². The molecule has 0 aliphatic rings. The smallest absolute Gasteiger partial charge is 0.242 e. The van der Waals surface area contributed by atoms with Gasteiger partial charge in [-0.05, 0) is 38.6 Å². The molecular weight excluding hydrogens is 282 g/mol. The molecule has 0 aliphatic carbocycles. The molecule has 1 amide bonds. The van der Waals surface area contributed by atoms with E-state index in [1.165, 1.54) is 0 Å². The number of ether oxygens (including phenoxy) is 1. The molecule has 2 aromatic rings. The number of methoxy groups -OCH3 is 1. The third-order valence-corrected chi connectivity index (χ3v) is 3.51. The number of aryl methyl sites for hydroxylation is 1. The van der Waals surface area contributed by atoms with E-state index in [1.54, 1.807) is 20.1 Å². The Morgan fingerprint density at radius 1 is 1.41 bits per heavy atom. The zero-order valence-electron chi connectivity index (χ0n) is 13.3. The van der Waals surface area contributed by atoms with E-state index < -0.39 is 0 Å². The summed E-state index contributed by atoms with van der Waals surface area (Å²) < 4.78 is 10.1. The van der Waals surface area contributed by atoms with E-state index in [1.807, 2.05) is 43.1 Å². The number of hydrogen-bond donors (Lipinski definition) is 1. The number of nitrogens with zero attached hydrogens (tertiary/aromatic N) is 2. The SMILES string of the molecule is COc1ccc(CN(C)[C@H](C)C(=O)Nc2cc(C)on2)cc1. The van der Waals surface area contributed by atoms with Crippen molar-refractivity contribution in [3.8, 4) is 5.75 Å². The number of aromatic nitrogens is 1. The first-order chi connectivity index (χ1) is 10.5. The van der Waals surface area contributed by atoms with Crippen molar-refractivity contribution in [3.63, 3.8) is 0 Å². The molecule has 1 aromatic carbocycles. The van der Waals surface area contributed by atoms with Gasteiger partial charge >= 0.3 is 0 Å². The van der Waals surface area contributed by atoms with E-state index in [9.17, 15) is 4.79 Å². The summed E-state index contributed by atoms with van der Waals surface area (Å²) in [6.07, 6.45) is 0. The molecule has 1 heterocycles. The average molecular weight is 303 g/mol. The third kappa shape index (κ3) is 4.08. The van der Waals surface area contributed by atoms with Gasteiger partial charge in [0.2, 0.25) is 5.91 Å². The van der Waals surface area contributed by atoms with Crippen LogP contribution in [-0.4, -0.2) is 36.2 Å². The second-order valence-corrected chi connectivity index (χ2v) is 5.25. The molecule has 2 rings (SSSR count). The fourth-order valence-corrected chi connectivity index (χ4v) is 2.01. The minimum atomic E-state index is -0.292. The number of amides is 1. The Hall–Kier alpha value is -2.34.